The van der Waals surface area contributed by atoms with Gasteiger partial charge in [-0.2, -0.15) is 0 Å². The monoisotopic (exact) mass is 388 g/mol. The highest BCUT2D eigenvalue weighted by Crippen LogP contribution is 2.37. The van der Waals surface area contributed by atoms with E-state index < -0.39 is 10.0 Å². The van der Waals surface area contributed by atoms with Gasteiger partial charge < -0.3 is 0 Å². The fourth-order valence-corrected chi connectivity index (χ4v) is 5.52. The molecule has 7 heteroatoms. The predicted octanol–water partition coefficient (Wildman–Crippen LogP) is 4.33. The van der Waals surface area contributed by atoms with E-state index in [1.54, 1.807) is 6.07 Å². The van der Waals surface area contributed by atoms with Crippen molar-refractivity contribution in [2.75, 3.05) is 10.6 Å². The smallest absolute Gasteiger partial charge is 0.232 e. The molecule has 26 heavy (non-hydrogen) atoms. The SMILES string of the molecule is C[C@@H]1Cc2cc(-c3csc(-c4cccc(F)c4)n3)ccc2N1S(C)(=O)=O. The van der Waals surface area contributed by atoms with Gasteiger partial charge in [-0.1, -0.05) is 18.2 Å². The zero-order valence-corrected chi connectivity index (χ0v) is 15.9. The number of nitrogens with zero attached hydrogens (tertiary/aromatic N) is 2. The van der Waals surface area contributed by atoms with Gasteiger partial charge in [0.1, 0.15) is 10.8 Å². The maximum atomic E-state index is 13.4. The molecule has 4 rings (SSSR count). The van der Waals surface area contributed by atoms with E-state index in [0.717, 1.165) is 33.1 Å². The average molecular weight is 388 g/mol. The third-order valence-electron chi connectivity index (χ3n) is 4.46. The van der Waals surface area contributed by atoms with Crippen molar-refractivity contribution in [2.45, 2.75) is 19.4 Å². The van der Waals surface area contributed by atoms with Crippen LogP contribution in [0, 0.1) is 5.82 Å². The number of hydrogen-bond donors (Lipinski definition) is 0. The molecule has 4 nitrogen and oxygen atoms in total. The van der Waals surface area contributed by atoms with Crippen LogP contribution in [0.5, 0.6) is 0 Å². The number of rotatable bonds is 3. The molecule has 2 heterocycles. The molecule has 0 fully saturated rings. The van der Waals surface area contributed by atoms with Crippen molar-refractivity contribution in [3.63, 3.8) is 0 Å². The van der Waals surface area contributed by atoms with Gasteiger partial charge in [0, 0.05) is 22.5 Å². The summed E-state index contributed by atoms with van der Waals surface area (Å²) >= 11 is 1.46. The third kappa shape index (κ3) is 3.01. The minimum absolute atomic E-state index is 0.0893. The lowest BCUT2D eigenvalue weighted by Gasteiger charge is -2.21. The summed E-state index contributed by atoms with van der Waals surface area (Å²) < 4.78 is 39.0. The highest BCUT2D eigenvalue weighted by molar-refractivity contribution is 7.92. The number of fused-ring (bicyclic) bond motifs is 1. The molecular formula is C19H17FN2O2S2. The Bertz CT molecular complexity index is 1090. The molecule has 0 bridgehead atoms. The first-order valence-electron chi connectivity index (χ1n) is 8.17. The van der Waals surface area contributed by atoms with Crippen LogP contribution in [0.25, 0.3) is 21.8 Å². The van der Waals surface area contributed by atoms with E-state index >= 15 is 0 Å². The van der Waals surface area contributed by atoms with E-state index in [0.29, 0.717) is 6.42 Å². The Balaban J connectivity index is 1.70. The number of halogens is 1. The van der Waals surface area contributed by atoms with Gasteiger partial charge in [-0.3, -0.25) is 4.31 Å². The highest BCUT2D eigenvalue weighted by atomic mass is 32.2. The number of sulfonamides is 1. The van der Waals surface area contributed by atoms with Crippen LogP contribution in [0.1, 0.15) is 12.5 Å². The Kier molecular flexibility index (Phi) is 4.08. The number of benzene rings is 2. The molecule has 0 saturated carbocycles. The molecule has 1 atom stereocenters. The molecule has 0 N–H and O–H groups in total. The maximum absolute atomic E-state index is 13.4. The molecule has 0 aliphatic carbocycles. The van der Waals surface area contributed by atoms with Crippen LogP contribution in [0.3, 0.4) is 0 Å². The summed E-state index contributed by atoms with van der Waals surface area (Å²) in [5.41, 5.74) is 4.23. The van der Waals surface area contributed by atoms with Gasteiger partial charge in [-0.05, 0) is 43.2 Å². The van der Waals surface area contributed by atoms with Crippen LogP contribution < -0.4 is 4.31 Å². The van der Waals surface area contributed by atoms with E-state index in [4.69, 9.17) is 0 Å². The highest BCUT2D eigenvalue weighted by Gasteiger charge is 2.32. The largest absolute Gasteiger partial charge is 0.267 e. The van der Waals surface area contributed by atoms with E-state index in [9.17, 15) is 12.8 Å². The standard InChI is InChI=1S/C19H17FN2O2S2/c1-12-8-15-9-13(6-7-18(15)22(12)26(2,23)24)17-11-25-19(21-17)14-4-3-5-16(20)10-14/h3-7,9-12H,8H2,1-2H3/t12-/m1/s1. The zero-order valence-electron chi connectivity index (χ0n) is 14.3. The molecule has 1 aliphatic rings. The lowest BCUT2D eigenvalue weighted by Crippen LogP contribution is -2.34. The minimum atomic E-state index is -3.29. The third-order valence-corrected chi connectivity index (χ3v) is 6.62. The Morgan fingerprint density at radius 3 is 2.73 bits per heavy atom. The summed E-state index contributed by atoms with van der Waals surface area (Å²) in [6.07, 6.45) is 1.91. The molecule has 2 aromatic carbocycles. The molecule has 0 spiro atoms. The number of anilines is 1. The number of aromatic nitrogens is 1. The van der Waals surface area contributed by atoms with Crippen molar-refractivity contribution in [3.8, 4) is 21.8 Å². The molecule has 0 saturated heterocycles. The second-order valence-corrected chi connectivity index (χ2v) is 9.22. The summed E-state index contributed by atoms with van der Waals surface area (Å²) in [5, 5.41) is 2.69. The van der Waals surface area contributed by atoms with Crippen molar-refractivity contribution >= 4 is 27.0 Å². The molecule has 0 amide bonds. The Hall–Kier alpha value is -2.25. The predicted molar refractivity (Wildman–Crippen MR) is 103 cm³/mol. The van der Waals surface area contributed by atoms with Crippen molar-refractivity contribution in [1.29, 1.82) is 0 Å². The van der Waals surface area contributed by atoms with E-state index in [-0.39, 0.29) is 11.9 Å². The summed E-state index contributed by atoms with van der Waals surface area (Å²) in [4.78, 5) is 4.62. The van der Waals surface area contributed by atoms with Crippen LogP contribution in [-0.2, 0) is 16.4 Å². The lowest BCUT2D eigenvalue weighted by molar-refractivity contribution is 0.590. The van der Waals surface area contributed by atoms with Crippen molar-refractivity contribution in [2.24, 2.45) is 0 Å². The van der Waals surface area contributed by atoms with Gasteiger partial charge in [0.2, 0.25) is 10.0 Å². The topological polar surface area (TPSA) is 50.3 Å². The van der Waals surface area contributed by atoms with Gasteiger partial charge in [-0.25, -0.2) is 17.8 Å². The number of thiazole rings is 1. The van der Waals surface area contributed by atoms with E-state index in [1.807, 2.05) is 36.6 Å². The number of hydrogen-bond acceptors (Lipinski definition) is 4. The molecule has 134 valence electrons. The molecule has 1 aliphatic heterocycles. The summed E-state index contributed by atoms with van der Waals surface area (Å²) in [6.45, 7) is 1.91. The van der Waals surface area contributed by atoms with E-state index in [2.05, 4.69) is 4.98 Å². The van der Waals surface area contributed by atoms with Gasteiger partial charge >= 0.3 is 0 Å². The second-order valence-electron chi connectivity index (χ2n) is 6.50. The van der Waals surface area contributed by atoms with Crippen LogP contribution in [0.4, 0.5) is 10.1 Å². The summed E-state index contributed by atoms with van der Waals surface area (Å²) in [5.74, 6) is -0.286. The summed E-state index contributed by atoms with van der Waals surface area (Å²) in [6, 6.07) is 12.0. The van der Waals surface area contributed by atoms with E-state index in [1.165, 1.54) is 34.0 Å². The quantitative estimate of drug-likeness (QED) is 0.671. The molecule has 0 unspecified atom stereocenters. The molecule has 3 aromatic rings. The molecular weight excluding hydrogens is 371 g/mol. The fraction of sp³-hybridized carbons (Fsp3) is 0.211. The van der Waals surface area contributed by atoms with Crippen LogP contribution in [0.2, 0.25) is 0 Å². The first-order chi connectivity index (χ1) is 12.3. The van der Waals surface area contributed by atoms with Crippen molar-refractivity contribution in [3.05, 3.63) is 59.2 Å². The van der Waals surface area contributed by atoms with Crippen LogP contribution >= 0.6 is 11.3 Å². The Morgan fingerprint density at radius 1 is 1.19 bits per heavy atom. The Morgan fingerprint density at radius 2 is 2.00 bits per heavy atom. The lowest BCUT2D eigenvalue weighted by atomic mass is 10.1. The van der Waals surface area contributed by atoms with Crippen LogP contribution in [0.15, 0.2) is 47.8 Å². The van der Waals surface area contributed by atoms with Gasteiger partial charge in [0.15, 0.2) is 0 Å². The first kappa shape index (κ1) is 17.2. The minimum Gasteiger partial charge on any atom is -0.267 e. The van der Waals surface area contributed by atoms with Crippen molar-refractivity contribution < 1.29 is 12.8 Å². The molecule has 0 radical (unpaired) electrons. The second kappa shape index (κ2) is 6.17. The van der Waals surface area contributed by atoms with Crippen LogP contribution in [-0.4, -0.2) is 25.7 Å². The van der Waals surface area contributed by atoms with Gasteiger partial charge in [0.25, 0.3) is 0 Å². The maximum Gasteiger partial charge on any atom is 0.232 e. The summed E-state index contributed by atoms with van der Waals surface area (Å²) in [7, 11) is -3.29. The Labute approximate surface area is 156 Å². The van der Waals surface area contributed by atoms with Gasteiger partial charge in [-0.15, -0.1) is 11.3 Å². The van der Waals surface area contributed by atoms with Gasteiger partial charge in [0.05, 0.1) is 17.6 Å². The average Bonchev–Trinajstić information content (AvgIpc) is 3.17. The molecule has 1 aromatic heterocycles. The first-order valence-corrected chi connectivity index (χ1v) is 10.9. The van der Waals surface area contributed by atoms with Crippen molar-refractivity contribution in [1.82, 2.24) is 4.98 Å². The fourth-order valence-electron chi connectivity index (χ4n) is 3.43. The zero-order chi connectivity index (χ0) is 18.5. The normalized spacial score (nSPS) is 16.7.